The number of esters is 1. The highest BCUT2D eigenvalue weighted by atomic mass is 16.6. The number of epoxide rings is 1. The third-order valence-electron chi connectivity index (χ3n) is 3.88. The van der Waals surface area contributed by atoms with E-state index in [0.717, 1.165) is 13.0 Å². The molecular formula is C21H32O3. The topological polar surface area (TPSA) is 38.8 Å². The van der Waals surface area contributed by atoms with E-state index in [2.05, 4.69) is 20.4 Å². The van der Waals surface area contributed by atoms with Gasteiger partial charge < -0.3 is 9.47 Å². The third-order valence-corrected chi connectivity index (χ3v) is 3.88. The third kappa shape index (κ3) is 11.0. The zero-order valence-electron chi connectivity index (χ0n) is 15.3. The summed E-state index contributed by atoms with van der Waals surface area (Å²) in [5.74, 6) is 0.169. The van der Waals surface area contributed by atoms with E-state index >= 15 is 0 Å². The van der Waals surface area contributed by atoms with Crippen molar-refractivity contribution in [3.63, 3.8) is 0 Å². The van der Waals surface area contributed by atoms with E-state index in [9.17, 15) is 4.79 Å². The lowest BCUT2D eigenvalue weighted by molar-refractivity contribution is -0.128. The van der Waals surface area contributed by atoms with Crippen LogP contribution in [0.25, 0.3) is 0 Å². The van der Waals surface area contributed by atoms with Crippen molar-refractivity contribution in [3.05, 3.63) is 42.5 Å². The first kappa shape index (κ1) is 20.4. The minimum atomic E-state index is -0.412. The zero-order valence-corrected chi connectivity index (χ0v) is 15.3. The van der Waals surface area contributed by atoms with Crippen molar-refractivity contribution in [2.75, 3.05) is 6.61 Å². The molecule has 0 N–H and O–H groups in total. The molecular weight excluding hydrogens is 300 g/mol. The minimum Gasteiger partial charge on any atom is -0.423 e. The van der Waals surface area contributed by atoms with Crippen LogP contribution in [0, 0.1) is 0 Å². The van der Waals surface area contributed by atoms with E-state index in [1.165, 1.54) is 56.6 Å². The van der Waals surface area contributed by atoms with Crippen LogP contribution >= 0.6 is 0 Å². The van der Waals surface area contributed by atoms with Gasteiger partial charge in [-0.2, -0.15) is 0 Å². The molecule has 0 spiro atoms. The smallest absolute Gasteiger partial charge is 0.335 e. The van der Waals surface area contributed by atoms with Crippen LogP contribution in [0.5, 0.6) is 5.75 Å². The van der Waals surface area contributed by atoms with Crippen molar-refractivity contribution in [2.24, 2.45) is 0 Å². The summed E-state index contributed by atoms with van der Waals surface area (Å²) in [5, 5.41) is 0. The Kier molecular flexibility index (Phi) is 10.9. The Bertz CT molecular complexity index is 460. The normalized spacial score (nSPS) is 15.2. The molecule has 0 bridgehead atoms. The Morgan fingerprint density at radius 2 is 1.71 bits per heavy atom. The van der Waals surface area contributed by atoms with Gasteiger partial charge in [0, 0.05) is 6.08 Å². The highest BCUT2D eigenvalue weighted by Gasteiger charge is 2.13. The molecule has 2 rings (SSSR count). The summed E-state index contributed by atoms with van der Waals surface area (Å²) in [5.41, 5.74) is 1.30. The maximum Gasteiger partial charge on any atom is 0.335 e. The second kappa shape index (κ2) is 12.8. The molecule has 1 aromatic carbocycles. The van der Waals surface area contributed by atoms with Crippen molar-refractivity contribution < 1.29 is 14.3 Å². The summed E-state index contributed by atoms with van der Waals surface area (Å²) in [6, 6.07) is 7.75. The second-order valence-electron chi connectivity index (χ2n) is 6.28. The van der Waals surface area contributed by atoms with Gasteiger partial charge in [-0.15, -0.1) is 0 Å². The average Bonchev–Trinajstić information content (AvgIpc) is 3.38. The molecule has 24 heavy (non-hydrogen) atoms. The Balaban J connectivity index is 0.000000624. The van der Waals surface area contributed by atoms with Crippen molar-refractivity contribution in [1.29, 1.82) is 0 Å². The molecule has 0 saturated carbocycles. The number of hydrogen-bond donors (Lipinski definition) is 0. The maximum atomic E-state index is 11.0. The zero-order chi connectivity index (χ0) is 17.6. The standard InChI is InChI=1S/C18H26O2.C3H6O/c1-3-5-6-7-8-9-10-11-16-12-14-17(15-13-16)20-18(19)4-2;1-3-2-4-3/h4,12-15H,2-3,5-11H2,1H3;3H,2H2,1H3. The number of carbonyl (C=O) groups is 1. The van der Waals surface area contributed by atoms with Crippen LogP contribution in [0.15, 0.2) is 36.9 Å². The summed E-state index contributed by atoms with van der Waals surface area (Å²) in [6.45, 7) is 8.66. The van der Waals surface area contributed by atoms with Crippen LogP contribution in [-0.4, -0.2) is 18.7 Å². The van der Waals surface area contributed by atoms with Gasteiger partial charge in [-0.3, -0.25) is 0 Å². The summed E-state index contributed by atoms with van der Waals surface area (Å²) < 4.78 is 9.75. The van der Waals surface area contributed by atoms with Crippen molar-refractivity contribution in [3.8, 4) is 5.75 Å². The second-order valence-corrected chi connectivity index (χ2v) is 6.28. The van der Waals surface area contributed by atoms with E-state index in [1.807, 2.05) is 24.3 Å². The van der Waals surface area contributed by atoms with Gasteiger partial charge in [0.1, 0.15) is 5.75 Å². The Hall–Kier alpha value is -1.61. The van der Waals surface area contributed by atoms with E-state index in [1.54, 1.807) is 0 Å². The van der Waals surface area contributed by atoms with Crippen LogP contribution in [0.3, 0.4) is 0 Å². The molecule has 0 aromatic heterocycles. The molecule has 0 amide bonds. The molecule has 1 fully saturated rings. The fourth-order valence-electron chi connectivity index (χ4n) is 2.26. The van der Waals surface area contributed by atoms with Gasteiger partial charge in [0.05, 0.1) is 12.7 Å². The van der Waals surface area contributed by atoms with Crippen LogP contribution < -0.4 is 4.74 Å². The first-order valence-electron chi connectivity index (χ1n) is 9.20. The number of carbonyl (C=O) groups excluding carboxylic acids is 1. The maximum absolute atomic E-state index is 11.0. The van der Waals surface area contributed by atoms with Crippen molar-refractivity contribution in [1.82, 2.24) is 0 Å². The lowest BCUT2D eigenvalue weighted by atomic mass is 10.0. The first-order chi connectivity index (χ1) is 11.7. The lowest BCUT2D eigenvalue weighted by Gasteiger charge is -2.04. The van der Waals surface area contributed by atoms with Crippen molar-refractivity contribution >= 4 is 5.97 Å². The first-order valence-corrected chi connectivity index (χ1v) is 9.20. The number of hydrogen-bond acceptors (Lipinski definition) is 3. The molecule has 134 valence electrons. The van der Waals surface area contributed by atoms with Crippen LogP contribution in [0.4, 0.5) is 0 Å². The van der Waals surface area contributed by atoms with Gasteiger partial charge >= 0.3 is 5.97 Å². The van der Waals surface area contributed by atoms with Crippen LogP contribution in [-0.2, 0) is 16.0 Å². The predicted molar refractivity (Wildman–Crippen MR) is 99.4 cm³/mol. The molecule has 3 heteroatoms. The molecule has 1 atom stereocenters. The molecule has 3 nitrogen and oxygen atoms in total. The molecule has 1 heterocycles. The number of unbranched alkanes of at least 4 members (excludes halogenated alkanes) is 6. The number of ether oxygens (including phenoxy) is 2. The molecule has 0 aliphatic carbocycles. The monoisotopic (exact) mass is 332 g/mol. The van der Waals surface area contributed by atoms with E-state index in [4.69, 9.17) is 9.47 Å². The average molecular weight is 332 g/mol. The number of aryl methyl sites for hydroxylation is 1. The molecule has 1 aliphatic heterocycles. The summed E-state index contributed by atoms with van der Waals surface area (Å²) in [6.07, 6.45) is 12.2. The van der Waals surface area contributed by atoms with E-state index in [0.29, 0.717) is 11.9 Å². The summed E-state index contributed by atoms with van der Waals surface area (Å²) >= 11 is 0. The highest BCUT2D eigenvalue weighted by molar-refractivity contribution is 5.83. The van der Waals surface area contributed by atoms with Gasteiger partial charge in [0.15, 0.2) is 0 Å². The number of benzene rings is 1. The van der Waals surface area contributed by atoms with Gasteiger partial charge in [-0.05, 0) is 37.5 Å². The van der Waals surface area contributed by atoms with Crippen LogP contribution in [0.2, 0.25) is 0 Å². The molecule has 1 saturated heterocycles. The molecule has 1 unspecified atom stereocenters. The SMILES string of the molecule is C=CC(=O)Oc1ccc(CCCCCCCCC)cc1.CC1CO1. The van der Waals surface area contributed by atoms with Crippen molar-refractivity contribution in [2.45, 2.75) is 71.3 Å². The van der Waals surface area contributed by atoms with E-state index < -0.39 is 5.97 Å². The Morgan fingerprint density at radius 3 is 2.21 bits per heavy atom. The predicted octanol–water partition coefficient (Wildman–Crippen LogP) is 5.48. The Labute approximate surface area is 147 Å². The molecule has 1 aromatic rings. The van der Waals surface area contributed by atoms with E-state index in [-0.39, 0.29) is 0 Å². The lowest BCUT2D eigenvalue weighted by Crippen LogP contribution is -2.02. The van der Waals surface area contributed by atoms with Crippen LogP contribution in [0.1, 0.15) is 64.4 Å². The van der Waals surface area contributed by atoms with Gasteiger partial charge in [0.25, 0.3) is 0 Å². The molecule has 0 radical (unpaired) electrons. The summed E-state index contributed by atoms with van der Waals surface area (Å²) in [4.78, 5) is 11.0. The fraction of sp³-hybridized carbons (Fsp3) is 0.571. The van der Waals surface area contributed by atoms with Gasteiger partial charge in [-0.25, -0.2) is 4.79 Å². The fourth-order valence-corrected chi connectivity index (χ4v) is 2.26. The largest absolute Gasteiger partial charge is 0.423 e. The minimum absolute atomic E-state index is 0.412. The number of rotatable bonds is 10. The van der Waals surface area contributed by atoms with Gasteiger partial charge in [-0.1, -0.05) is 64.2 Å². The van der Waals surface area contributed by atoms with Gasteiger partial charge in [0.2, 0.25) is 0 Å². The highest BCUT2D eigenvalue weighted by Crippen LogP contribution is 2.15. The molecule has 1 aliphatic rings. The Morgan fingerprint density at radius 1 is 1.17 bits per heavy atom. The summed E-state index contributed by atoms with van der Waals surface area (Å²) in [7, 11) is 0. The quantitative estimate of drug-likeness (QED) is 0.187.